The Balaban J connectivity index is 2.41. The molecule has 0 aliphatic carbocycles. The molecule has 1 nitrogen and oxygen atoms in total. The van der Waals surface area contributed by atoms with Crippen molar-refractivity contribution in [3.05, 3.63) is 34.3 Å². The van der Waals surface area contributed by atoms with Gasteiger partial charge in [-0.15, -0.1) is 0 Å². The zero-order valence-electron chi connectivity index (χ0n) is 11.7. The monoisotopic (exact) mass is 311 g/mol. The van der Waals surface area contributed by atoms with Crippen molar-refractivity contribution in [3.8, 4) is 0 Å². The highest BCUT2D eigenvalue weighted by atomic mass is 79.9. The Morgan fingerprint density at radius 2 is 2.00 bits per heavy atom. The van der Waals surface area contributed by atoms with Gasteiger partial charge in [0.2, 0.25) is 0 Å². The summed E-state index contributed by atoms with van der Waals surface area (Å²) >= 11 is 3.54. The van der Waals surface area contributed by atoms with Crippen molar-refractivity contribution in [2.24, 2.45) is 0 Å². The lowest BCUT2D eigenvalue weighted by Gasteiger charge is -2.18. The van der Waals surface area contributed by atoms with E-state index in [1.165, 1.54) is 42.1 Å². The Bertz CT molecular complexity index is 325. The smallest absolute Gasteiger partial charge is 0.0178 e. The van der Waals surface area contributed by atoms with Crippen LogP contribution < -0.4 is 5.32 Å². The second-order valence-electron chi connectivity index (χ2n) is 4.94. The van der Waals surface area contributed by atoms with E-state index in [0.29, 0.717) is 6.04 Å². The minimum atomic E-state index is 0.626. The average molecular weight is 312 g/mol. The molecule has 1 unspecified atom stereocenters. The largest absolute Gasteiger partial charge is 0.314 e. The summed E-state index contributed by atoms with van der Waals surface area (Å²) in [6.07, 6.45) is 7.84. The molecule has 0 aliphatic rings. The first kappa shape index (κ1) is 15.7. The predicted molar refractivity (Wildman–Crippen MR) is 84.1 cm³/mol. The molecule has 0 saturated heterocycles. The normalized spacial score (nSPS) is 12.6. The summed E-state index contributed by atoms with van der Waals surface area (Å²) in [6, 6.07) is 9.30. The Morgan fingerprint density at radius 1 is 1.17 bits per heavy atom. The first-order chi connectivity index (χ1) is 8.76. The first-order valence-electron chi connectivity index (χ1n) is 7.24. The maximum atomic E-state index is 3.61. The molecule has 0 saturated carbocycles. The van der Waals surface area contributed by atoms with Gasteiger partial charge in [-0.25, -0.2) is 0 Å². The fraction of sp³-hybridized carbons (Fsp3) is 0.625. The molecule has 0 fully saturated rings. The van der Waals surface area contributed by atoms with Crippen LogP contribution in [0.15, 0.2) is 28.7 Å². The summed E-state index contributed by atoms with van der Waals surface area (Å²) in [7, 11) is 0. The van der Waals surface area contributed by atoms with Crippen LogP contribution in [0.5, 0.6) is 0 Å². The lowest BCUT2D eigenvalue weighted by atomic mass is 10.00. The number of hydrogen-bond acceptors (Lipinski definition) is 1. The van der Waals surface area contributed by atoms with Crippen molar-refractivity contribution in [1.82, 2.24) is 5.32 Å². The van der Waals surface area contributed by atoms with Crippen LogP contribution in [0.1, 0.15) is 51.5 Å². The summed E-state index contributed by atoms with van der Waals surface area (Å²) in [5.41, 5.74) is 1.42. The predicted octanol–water partition coefficient (Wildman–Crippen LogP) is 4.94. The lowest BCUT2D eigenvalue weighted by Crippen LogP contribution is -2.30. The first-order valence-corrected chi connectivity index (χ1v) is 8.03. The van der Waals surface area contributed by atoms with E-state index in [1.807, 2.05) is 0 Å². The molecule has 0 bridgehead atoms. The van der Waals surface area contributed by atoms with E-state index in [9.17, 15) is 0 Å². The third-order valence-electron chi connectivity index (χ3n) is 3.27. The van der Waals surface area contributed by atoms with Gasteiger partial charge < -0.3 is 5.32 Å². The third-order valence-corrected chi connectivity index (χ3v) is 3.76. The van der Waals surface area contributed by atoms with Crippen molar-refractivity contribution >= 4 is 15.9 Å². The number of nitrogens with one attached hydrogen (secondary N) is 1. The Labute approximate surface area is 120 Å². The van der Waals surface area contributed by atoms with Crippen LogP contribution >= 0.6 is 15.9 Å². The van der Waals surface area contributed by atoms with E-state index in [-0.39, 0.29) is 0 Å². The molecule has 1 N–H and O–H groups in total. The molecule has 0 radical (unpaired) electrons. The fourth-order valence-electron chi connectivity index (χ4n) is 2.33. The summed E-state index contributed by atoms with van der Waals surface area (Å²) in [5, 5.41) is 3.61. The molecule has 0 aromatic heterocycles. The summed E-state index contributed by atoms with van der Waals surface area (Å²) in [5.74, 6) is 0. The SMILES string of the molecule is CCCCCCC(Cc1cccc(Br)c1)NCC. The maximum Gasteiger partial charge on any atom is 0.0178 e. The number of likely N-dealkylation sites (N-methyl/N-ethyl adjacent to an activating group) is 1. The number of benzene rings is 1. The molecule has 1 aromatic rings. The quantitative estimate of drug-likeness (QED) is 0.637. The third kappa shape index (κ3) is 6.55. The van der Waals surface area contributed by atoms with E-state index >= 15 is 0 Å². The van der Waals surface area contributed by atoms with E-state index < -0.39 is 0 Å². The molecule has 0 spiro atoms. The molecule has 18 heavy (non-hydrogen) atoms. The van der Waals surface area contributed by atoms with Crippen LogP contribution in [0.3, 0.4) is 0 Å². The molecule has 2 heteroatoms. The summed E-state index contributed by atoms with van der Waals surface area (Å²) in [4.78, 5) is 0. The van der Waals surface area contributed by atoms with Crippen LogP contribution in [0.4, 0.5) is 0 Å². The molecule has 102 valence electrons. The van der Waals surface area contributed by atoms with Crippen LogP contribution in [0.2, 0.25) is 0 Å². The van der Waals surface area contributed by atoms with Crippen molar-refractivity contribution in [2.75, 3.05) is 6.54 Å². The van der Waals surface area contributed by atoms with Gasteiger partial charge >= 0.3 is 0 Å². The molecule has 0 aliphatic heterocycles. The molecule has 0 amide bonds. The van der Waals surface area contributed by atoms with Gasteiger partial charge in [-0.2, -0.15) is 0 Å². The van der Waals surface area contributed by atoms with Crippen LogP contribution in [-0.4, -0.2) is 12.6 Å². The number of hydrogen-bond donors (Lipinski definition) is 1. The zero-order chi connectivity index (χ0) is 13.2. The van der Waals surface area contributed by atoms with Gasteiger partial charge in [0.15, 0.2) is 0 Å². The fourth-order valence-corrected chi connectivity index (χ4v) is 2.78. The minimum absolute atomic E-state index is 0.626. The lowest BCUT2D eigenvalue weighted by molar-refractivity contribution is 0.463. The summed E-state index contributed by atoms with van der Waals surface area (Å²) in [6.45, 7) is 5.52. The van der Waals surface area contributed by atoms with Crippen LogP contribution in [0, 0.1) is 0 Å². The summed E-state index contributed by atoms with van der Waals surface area (Å²) < 4.78 is 1.18. The maximum absolute atomic E-state index is 3.61. The molecule has 1 aromatic carbocycles. The van der Waals surface area contributed by atoms with E-state index in [4.69, 9.17) is 0 Å². The van der Waals surface area contributed by atoms with Gasteiger partial charge in [0.05, 0.1) is 0 Å². The second-order valence-corrected chi connectivity index (χ2v) is 5.85. The molecular formula is C16H26BrN. The van der Waals surface area contributed by atoms with Gasteiger partial charge in [0.25, 0.3) is 0 Å². The van der Waals surface area contributed by atoms with Gasteiger partial charge in [-0.3, -0.25) is 0 Å². The van der Waals surface area contributed by atoms with E-state index in [1.54, 1.807) is 0 Å². The highest BCUT2D eigenvalue weighted by molar-refractivity contribution is 9.10. The number of unbranched alkanes of at least 4 members (excludes halogenated alkanes) is 3. The number of rotatable bonds is 9. The van der Waals surface area contributed by atoms with Crippen molar-refractivity contribution < 1.29 is 0 Å². The Hall–Kier alpha value is -0.340. The average Bonchev–Trinajstić information content (AvgIpc) is 2.35. The molecule has 1 atom stereocenters. The second kappa shape index (κ2) is 9.57. The molecule has 0 heterocycles. The number of halogens is 1. The highest BCUT2D eigenvalue weighted by Gasteiger charge is 2.08. The van der Waals surface area contributed by atoms with Gasteiger partial charge in [-0.05, 0) is 37.1 Å². The Kier molecular flexibility index (Phi) is 8.36. The molecular weight excluding hydrogens is 286 g/mol. The van der Waals surface area contributed by atoms with Crippen molar-refractivity contribution in [2.45, 2.75) is 58.4 Å². The van der Waals surface area contributed by atoms with E-state index in [0.717, 1.165) is 13.0 Å². The van der Waals surface area contributed by atoms with Crippen molar-refractivity contribution in [3.63, 3.8) is 0 Å². The van der Waals surface area contributed by atoms with Gasteiger partial charge in [-0.1, -0.05) is 67.6 Å². The van der Waals surface area contributed by atoms with E-state index in [2.05, 4.69) is 59.4 Å². The zero-order valence-corrected chi connectivity index (χ0v) is 13.3. The standard InChI is InChI=1S/C16H26BrN/c1-3-5-6-7-11-16(18-4-2)13-14-9-8-10-15(17)12-14/h8-10,12,16,18H,3-7,11,13H2,1-2H3. The van der Waals surface area contributed by atoms with Crippen LogP contribution in [-0.2, 0) is 6.42 Å². The van der Waals surface area contributed by atoms with Crippen molar-refractivity contribution in [1.29, 1.82) is 0 Å². The highest BCUT2D eigenvalue weighted by Crippen LogP contribution is 2.15. The minimum Gasteiger partial charge on any atom is -0.314 e. The van der Waals surface area contributed by atoms with Gasteiger partial charge in [0, 0.05) is 10.5 Å². The topological polar surface area (TPSA) is 12.0 Å². The Morgan fingerprint density at radius 3 is 2.67 bits per heavy atom. The molecule has 1 rings (SSSR count). The van der Waals surface area contributed by atoms with Gasteiger partial charge in [0.1, 0.15) is 0 Å². The van der Waals surface area contributed by atoms with Crippen LogP contribution in [0.25, 0.3) is 0 Å².